The van der Waals surface area contributed by atoms with Crippen LogP contribution in [0.1, 0.15) is 13.8 Å². The van der Waals surface area contributed by atoms with Crippen LogP contribution in [0.25, 0.3) is 0 Å². The van der Waals surface area contributed by atoms with Gasteiger partial charge >= 0.3 is 131 Å². The van der Waals surface area contributed by atoms with Crippen LogP contribution in [0.15, 0.2) is 67.9 Å². The van der Waals surface area contributed by atoms with Gasteiger partial charge in [-0.2, -0.15) is 0 Å². The van der Waals surface area contributed by atoms with E-state index in [0.717, 1.165) is 0 Å². The molecule has 2 heteroatoms. The van der Waals surface area contributed by atoms with Crippen LogP contribution in [-0.4, -0.2) is 41.8 Å². The Hall–Kier alpha value is -0.241. The fourth-order valence-corrected chi connectivity index (χ4v) is 10.1. The molecule has 0 fully saturated rings. The standard InChI is InChI=1S/C16H16Te2/c1-13(2)16(17-14-9-5-3-6-10-14)18-15-11-7-4-8-12-15/h3-12H,1-2H3. The minimum absolute atomic E-state index is 0.164. The van der Waals surface area contributed by atoms with E-state index in [2.05, 4.69) is 74.5 Å². The molecule has 0 unspecified atom stereocenters. The van der Waals surface area contributed by atoms with Gasteiger partial charge in [0.1, 0.15) is 0 Å². The van der Waals surface area contributed by atoms with Crippen LogP contribution in [0, 0.1) is 0 Å². The number of rotatable bonds is 4. The van der Waals surface area contributed by atoms with Crippen LogP contribution in [0.3, 0.4) is 0 Å². The van der Waals surface area contributed by atoms with Crippen molar-refractivity contribution in [1.82, 2.24) is 0 Å². The molecular formula is C16H16Te2. The van der Waals surface area contributed by atoms with E-state index in [1.54, 1.807) is 14.5 Å². The SMILES string of the molecule is CC(C)=C([Te]c1ccccc1)[Te]c1ccccc1. The Labute approximate surface area is 130 Å². The van der Waals surface area contributed by atoms with Crippen molar-refractivity contribution in [2.24, 2.45) is 0 Å². The molecule has 0 spiro atoms. The van der Waals surface area contributed by atoms with Crippen molar-refractivity contribution in [1.29, 1.82) is 0 Å². The predicted molar refractivity (Wildman–Crippen MR) is 82.0 cm³/mol. The molecule has 0 aliphatic rings. The second-order valence-electron chi connectivity index (χ2n) is 4.12. The first kappa shape index (κ1) is 14.2. The Morgan fingerprint density at radius 2 is 1.06 bits per heavy atom. The van der Waals surface area contributed by atoms with Gasteiger partial charge in [0, 0.05) is 0 Å². The average molecular weight is 464 g/mol. The van der Waals surface area contributed by atoms with Crippen molar-refractivity contribution in [2.45, 2.75) is 13.8 Å². The van der Waals surface area contributed by atoms with E-state index in [4.69, 9.17) is 0 Å². The summed E-state index contributed by atoms with van der Waals surface area (Å²) in [4.78, 5) is 0. The molecule has 0 aromatic heterocycles. The molecule has 0 N–H and O–H groups in total. The summed E-state index contributed by atoms with van der Waals surface area (Å²) < 4.78 is 4.89. The Morgan fingerprint density at radius 1 is 0.667 bits per heavy atom. The average Bonchev–Trinajstić information content (AvgIpc) is 2.40. The van der Waals surface area contributed by atoms with Crippen LogP contribution in [0.4, 0.5) is 0 Å². The molecule has 0 amide bonds. The summed E-state index contributed by atoms with van der Waals surface area (Å²) in [6.07, 6.45) is 0. The van der Waals surface area contributed by atoms with E-state index >= 15 is 0 Å². The summed E-state index contributed by atoms with van der Waals surface area (Å²) in [7, 11) is 0. The van der Waals surface area contributed by atoms with Crippen molar-refractivity contribution in [2.75, 3.05) is 0 Å². The summed E-state index contributed by atoms with van der Waals surface area (Å²) in [5.74, 6) is 0. The summed E-state index contributed by atoms with van der Waals surface area (Å²) in [5.41, 5.74) is 1.55. The van der Waals surface area contributed by atoms with E-state index in [1.165, 1.54) is 0 Å². The van der Waals surface area contributed by atoms with Gasteiger partial charge < -0.3 is 0 Å². The first-order valence-corrected chi connectivity index (χ1v) is 10.5. The van der Waals surface area contributed by atoms with E-state index in [0.29, 0.717) is 0 Å². The third-order valence-electron chi connectivity index (χ3n) is 2.32. The molecule has 0 aliphatic carbocycles. The number of allylic oxidation sites excluding steroid dienone is 1. The van der Waals surface area contributed by atoms with Crippen molar-refractivity contribution in [3.05, 3.63) is 67.9 Å². The van der Waals surface area contributed by atoms with Gasteiger partial charge in [-0.05, 0) is 0 Å². The molecule has 0 bridgehead atoms. The van der Waals surface area contributed by atoms with Crippen LogP contribution in [-0.2, 0) is 0 Å². The van der Waals surface area contributed by atoms with Crippen molar-refractivity contribution < 1.29 is 0 Å². The zero-order valence-electron chi connectivity index (χ0n) is 10.6. The normalized spacial score (nSPS) is 10.1. The summed E-state index contributed by atoms with van der Waals surface area (Å²) in [6.45, 7) is 4.55. The monoisotopic (exact) mass is 468 g/mol. The Kier molecular flexibility index (Phi) is 5.81. The second-order valence-corrected chi connectivity index (χ2v) is 12.8. The van der Waals surface area contributed by atoms with Crippen molar-refractivity contribution in [3.8, 4) is 0 Å². The molecule has 0 nitrogen and oxygen atoms in total. The Bertz CT molecular complexity index is 468. The third-order valence-corrected chi connectivity index (χ3v) is 11.8. The van der Waals surface area contributed by atoms with Gasteiger partial charge in [0.25, 0.3) is 0 Å². The van der Waals surface area contributed by atoms with Gasteiger partial charge in [0.05, 0.1) is 0 Å². The molecule has 2 aromatic rings. The molecule has 0 saturated heterocycles. The fourth-order valence-electron chi connectivity index (χ4n) is 1.42. The maximum absolute atomic E-state index is 2.28. The summed E-state index contributed by atoms with van der Waals surface area (Å²) >= 11 is -0.328. The Morgan fingerprint density at radius 3 is 1.39 bits per heavy atom. The van der Waals surface area contributed by atoms with E-state index < -0.39 is 0 Å². The number of hydrogen-bond donors (Lipinski definition) is 0. The van der Waals surface area contributed by atoms with Gasteiger partial charge in [-0.25, -0.2) is 0 Å². The zero-order chi connectivity index (χ0) is 12.8. The van der Waals surface area contributed by atoms with E-state index in [-0.39, 0.29) is 41.8 Å². The van der Waals surface area contributed by atoms with Gasteiger partial charge in [-0.15, -0.1) is 0 Å². The van der Waals surface area contributed by atoms with E-state index in [9.17, 15) is 0 Å². The second kappa shape index (κ2) is 7.37. The molecule has 92 valence electrons. The minimum atomic E-state index is -0.164. The molecular weight excluding hydrogens is 447 g/mol. The van der Waals surface area contributed by atoms with Crippen LogP contribution < -0.4 is 7.22 Å². The van der Waals surface area contributed by atoms with E-state index in [1.807, 2.05) is 0 Å². The number of benzene rings is 2. The van der Waals surface area contributed by atoms with Gasteiger partial charge in [0.15, 0.2) is 0 Å². The van der Waals surface area contributed by atoms with Gasteiger partial charge in [-0.3, -0.25) is 0 Å². The number of hydrogen-bond acceptors (Lipinski definition) is 0. The van der Waals surface area contributed by atoms with Crippen molar-refractivity contribution in [3.63, 3.8) is 0 Å². The summed E-state index contributed by atoms with van der Waals surface area (Å²) in [6, 6.07) is 22.0. The first-order valence-electron chi connectivity index (χ1n) is 5.89. The van der Waals surface area contributed by atoms with Crippen LogP contribution >= 0.6 is 0 Å². The fraction of sp³-hybridized carbons (Fsp3) is 0.125. The molecule has 0 aliphatic heterocycles. The summed E-state index contributed by atoms with van der Waals surface area (Å²) in [5, 5.41) is 0. The molecule has 0 radical (unpaired) electrons. The van der Waals surface area contributed by atoms with Gasteiger partial charge in [0.2, 0.25) is 0 Å². The molecule has 0 atom stereocenters. The van der Waals surface area contributed by atoms with Crippen LogP contribution in [0.2, 0.25) is 0 Å². The van der Waals surface area contributed by atoms with Crippen LogP contribution in [0.5, 0.6) is 0 Å². The quantitative estimate of drug-likeness (QED) is 0.611. The maximum atomic E-state index is 2.28. The molecule has 2 aromatic carbocycles. The topological polar surface area (TPSA) is 0 Å². The molecule has 18 heavy (non-hydrogen) atoms. The predicted octanol–water partition coefficient (Wildman–Crippen LogP) is 2.30. The third kappa shape index (κ3) is 4.45. The first-order chi connectivity index (χ1) is 8.75. The van der Waals surface area contributed by atoms with Crippen molar-refractivity contribution >= 4 is 49.1 Å². The zero-order valence-corrected chi connectivity index (χ0v) is 15.3. The molecule has 0 heterocycles. The Balaban J connectivity index is 2.14. The molecule has 0 saturated carbocycles. The molecule has 2 rings (SSSR count). The van der Waals surface area contributed by atoms with Gasteiger partial charge in [-0.1, -0.05) is 0 Å².